The van der Waals surface area contributed by atoms with Crippen LogP contribution in [-0.2, 0) is 0 Å². The number of fused-ring (bicyclic) bond motifs is 1. The van der Waals surface area contributed by atoms with Crippen LogP contribution in [0.1, 0.15) is 55.3 Å². The van der Waals surface area contributed by atoms with Gasteiger partial charge in [-0.05, 0) is 49.3 Å². The van der Waals surface area contributed by atoms with Gasteiger partial charge >= 0.3 is 0 Å². The lowest BCUT2D eigenvalue weighted by molar-refractivity contribution is 0.0959. The Labute approximate surface area is 142 Å². The molecule has 1 aromatic rings. The summed E-state index contributed by atoms with van der Waals surface area (Å²) in [5.41, 5.74) is -0.0412. The smallest absolute Gasteiger partial charge is 0.253 e. The van der Waals surface area contributed by atoms with Crippen molar-refractivity contribution in [1.82, 2.24) is 5.32 Å². The van der Waals surface area contributed by atoms with Gasteiger partial charge in [-0.3, -0.25) is 4.79 Å². The number of nitrogens with one attached hydrogen (secondary N) is 2. The van der Waals surface area contributed by atoms with Crippen molar-refractivity contribution in [3.05, 3.63) is 29.6 Å². The maximum absolute atomic E-state index is 14.2. The molecule has 0 unspecified atom stereocenters. The lowest BCUT2D eigenvalue weighted by Crippen LogP contribution is -2.45. The van der Waals surface area contributed by atoms with Gasteiger partial charge in [-0.25, -0.2) is 4.39 Å². The lowest BCUT2D eigenvalue weighted by atomic mass is 9.65. The Morgan fingerprint density at radius 2 is 2.04 bits per heavy atom. The van der Waals surface area contributed by atoms with Crippen molar-refractivity contribution in [1.29, 1.82) is 5.26 Å². The van der Waals surface area contributed by atoms with Gasteiger partial charge in [0.2, 0.25) is 0 Å². The average molecular weight is 329 g/mol. The molecule has 128 valence electrons. The lowest BCUT2D eigenvalue weighted by Gasteiger charge is -2.44. The van der Waals surface area contributed by atoms with Crippen LogP contribution in [0.3, 0.4) is 0 Å². The van der Waals surface area contributed by atoms with Crippen LogP contribution in [0.4, 0.5) is 10.1 Å². The van der Waals surface area contributed by atoms with Crippen LogP contribution >= 0.6 is 0 Å². The normalized spacial score (nSPS) is 29.2. The van der Waals surface area contributed by atoms with Gasteiger partial charge in [0.25, 0.3) is 5.91 Å². The minimum Gasteiger partial charge on any atom is -0.367 e. The highest BCUT2D eigenvalue weighted by Crippen LogP contribution is 2.45. The van der Waals surface area contributed by atoms with Crippen molar-refractivity contribution in [3.8, 4) is 6.07 Å². The number of hydrogen-bond donors (Lipinski definition) is 2. The van der Waals surface area contributed by atoms with E-state index in [9.17, 15) is 14.4 Å². The van der Waals surface area contributed by atoms with Crippen LogP contribution in [0.2, 0.25) is 0 Å². The maximum Gasteiger partial charge on any atom is 0.253 e. The van der Waals surface area contributed by atoms with Gasteiger partial charge < -0.3 is 10.6 Å². The monoisotopic (exact) mass is 329 g/mol. The maximum atomic E-state index is 14.2. The number of nitrogens with zero attached hydrogens (tertiary/aromatic N) is 1. The molecule has 1 amide bonds. The average Bonchev–Trinajstić information content (AvgIpc) is 2.61. The third-order valence-electron chi connectivity index (χ3n) is 5.66. The Morgan fingerprint density at radius 3 is 2.71 bits per heavy atom. The third-order valence-corrected chi connectivity index (χ3v) is 5.66. The molecule has 0 heterocycles. The standard InChI is InChI=1S/C19H24FN3O/c1-22-18(24)16-7-6-15(10-17(16)20)23-19(12-21)9-8-13-4-2-3-5-14(13)11-19/h6-7,10,13-14,23H,2-5,8-9,11H2,1H3,(H,22,24)/t13-,14-,19+/m0/s1. The second-order valence-electron chi connectivity index (χ2n) is 7.14. The van der Waals surface area contributed by atoms with Gasteiger partial charge in [0.1, 0.15) is 11.4 Å². The largest absolute Gasteiger partial charge is 0.367 e. The number of carbonyl (C=O) groups excluding carboxylic acids is 1. The zero-order valence-corrected chi connectivity index (χ0v) is 14.1. The molecule has 0 radical (unpaired) electrons. The van der Waals surface area contributed by atoms with E-state index in [0.717, 1.165) is 25.2 Å². The van der Waals surface area contributed by atoms with E-state index in [4.69, 9.17) is 0 Å². The molecule has 0 aromatic heterocycles. The number of anilines is 1. The minimum absolute atomic E-state index is 0.0186. The van der Waals surface area contributed by atoms with E-state index in [0.29, 0.717) is 11.6 Å². The molecule has 3 atom stereocenters. The number of benzene rings is 1. The van der Waals surface area contributed by atoms with E-state index in [1.54, 1.807) is 6.07 Å². The van der Waals surface area contributed by atoms with Crippen molar-refractivity contribution < 1.29 is 9.18 Å². The molecule has 0 aliphatic heterocycles. The molecular weight excluding hydrogens is 305 g/mol. The van der Waals surface area contributed by atoms with Gasteiger partial charge in [0, 0.05) is 12.7 Å². The first-order chi connectivity index (χ1) is 11.6. The number of nitriles is 1. The van der Waals surface area contributed by atoms with E-state index in [1.165, 1.54) is 44.9 Å². The molecule has 4 nitrogen and oxygen atoms in total. The van der Waals surface area contributed by atoms with Crippen molar-refractivity contribution in [3.63, 3.8) is 0 Å². The number of halogens is 1. The predicted molar refractivity (Wildman–Crippen MR) is 91.1 cm³/mol. The van der Waals surface area contributed by atoms with Gasteiger partial charge in [0.15, 0.2) is 0 Å². The Hall–Kier alpha value is -2.09. The minimum atomic E-state index is -0.626. The summed E-state index contributed by atoms with van der Waals surface area (Å²) in [5, 5.41) is 15.5. The summed E-state index contributed by atoms with van der Waals surface area (Å²) >= 11 is 0. The summed E-state index contributed by atoms with van der Waals surface area (Å²) in [7, 11) is 1.47. The summed E-state index contributed by atoms with van der Waals surface area (Å²) < 4.78 is 14.2. The molecular formula is C19H24FN3O. The van der Waals surface area contributed by atoms with Crippen molar-refractivity contribution in [2.75, 3.05) is 12.4 Å². The fourth-order valence-electron chi connectivity index (χ4n) is 4.35. The molecule has 3 rings (SSSR count). The molecule has 0 spiro atoms. The zero-order valence-electron chi connectivity index (χ0n) is 14.1. The Bertz CT molecular complexity index is 669. The van der Waals surface area contributed by atoms with Crippen molar-refractivity contribution in [2.45, 2.75) is 50.5 Å². The van der Waals surface area contributed by atoms with E-state index in [2.05, 4.69) is 16.7 Å². The highest BCUT2D eigenvalue weighted by molar-refractivity contribution is 5.94. The van der Waals surface area contributed by atoms with Crippen LogP contribution in [0.25, 0.3) is 0 Å². The topological polar surface area (TPSA) is 64.9 Å². The molecule has 1 aromatic carbocycles. The number of rotatable bonds is 3. The van der Waals surface area contributed by atoms with Crippen LogP contribution in [-0.4, -0.2) is 18.5 Å². The summed E-state index contributed by atoms with van der Waals surface area (Å²) in [6.45, 7) is 0. The Kier molecular flexibility index (Phi) is 4.75. The summed E-state index contributed by atoms with van der Waals surface area (Å²) in [6.07, 6.45) is 7.71. The SMILES string of the molecule is CNC(=O)c1ccc(N[C@]2(C#N)CC[C@@H]3CCCC[C@H]3C2)cc1F. The zero-order chi connectivity index (χ0) is 17.2. The molecule has 2 N–H and O–H groups in total. The summed E-state index contributed by atoms with van der Waals surface area (Å²) in [4.78, 5) is 11.6. The first-order valence-corrected chi connectivity index (χ1v) is 8.78. The number of amides is 1. The van der Waals surface area contributed by atoms with Crippen LogP contribution in [0, 0.1) is 29.0 Å². The summed E-state index contributed by atoms with van der Waals surface area (Å²) in [5.74, 6) is 0.319. The molecule has 24 heavy (non-hydrogen) atoms. The van der Waals surface area contributed by atoms with E-state index < -0.39 is 17.3 Å². The molecule has 0 saturated heterocycles. The van der Waals surface area contributed by atoms with Gasteiger partial charge in [-0.2, -0.15) is 5.26 Å². The summed E-state index contributed by atoms with van der Waals surface area (Å²) in [6, 6.07) is 6.92. The van der Waals surface area contributed by atoms with Gasteiger partial charge in [-0.15, -0.1) is 0 Å². The predicted octanol–water partition coefficient (Wildman–Crippen LogP) is 3.85. The molecule has 0 bridgehead atoms. The first kappa shape index (κ1) is 16.8. The first-order valence-electron chi connectivity index (χ1n) is 8.78. The molecule has 5 heteroatoms. The molecule has 2 aliphatic rings. The van der Waals surface area contributed by atoms with E-state index >= 15 is 0 Å². The van der Waals surface area contributed by atoms with Crippen LogP contribution in [0.5, 0.6) is 0 Å². The third kappa shape index (κ3) is 3.24. The quantitative estimate of drug-likeness (QED) is 0.885. The van der Waals surface area contributed by atoms with Gasteiger partial charge in [-0.1, -0.05) is 25.7 Å². The van der Waals surface area contributed by atoms with Gasteiger partial charge in [0.05, 0.1) is 11.6 Å². The highest BCUT2D eigenvalue weighted by Gasteiger charge is 2.42. The van der Waals surface area contributed by atoms with E-state index in [1.807, 2.05) is 0 Å². The van der Waals surface area contributed by atoms with Crippen LogP contribution in [0.15, 0.2) is 18.2 Å². The fraction of sp³-hybridized carbons (Fsp3) is 0.579. The number of carbonyl (C=O) groups is 1. The number of hydrogen-bond acceptors (Lipinski definition) is 3. The highest BCUT2D eigenvalue weighted by atomic mass is 19.1. The fourth-order valence-corrected chi connectivity index (χ4v) is 4.35. The Balaban J connectivity index is 1.77. The van der Waals surface area contributed by atoms with E-state index in [-0.39, 0.29) is 5.56 Å². The molecule has 2 fully saturated rings. The van der Waals surface area contributed by atoms with Crippen molar-refractivity contribution >= 4 is 11.6 Å². The van der Waals surface area contributed by atoms with Crippen molar-refractivity contribution in [2.24, 2.45) is 11.8 Å². The molecule has 2 aliphatic carbocycles. The second kappa shape index (κ2) is 6.80. The molecule has 2 saturated carbocycles. The second-order valence-corrected chi connectivity index (χ2v) is 7.14. The Morgan fingerprint density at radius 1 is 1.29 bits per heavy atom. The van der Waals surface area contributed by atoms with Crippen LogP contribution < -0.4 is 10.6 Å².